The predicted octanol–water partition coefficient (Wildman–Crippen LogP) is 1.71. The summed E-state index contributed by atoms with van der Waals surface area (Å²) in [4.78, 5) is 27.0. The highest BCUT2D eigenvalue weighted by molar-refractivity contribution is 5.99. The first-order chi connectivity index (χ1) is 9.76. The highest BCUT2D eigenvalue weighted by Gasteiger charge is 2.47. The molecule has 0 aliphatic carbocycles. The average Bonchev–Trinajstić information content (AvgIpc) is 2.80. The second kappa shape index (κ2) is 5.95. The number of carbonyl (C=O) groups is 2. The van der Waals surface area contributed by atoms with E-state index in [-0.39, 0.29) is 36.0 Å². The third kappa shape index (κ3) is 3.23. The second-order valence-corrected chi connectivity index (χ2v) is 7.05. The molecule has 2 amide bonds. The molecule has 2 fully saturated rings. The average molecular weight is 296 g/mol. The lowest BCUT2D eigenvalue weighted by Gasteiger charge is -2.45. The largest absolute Gasteiger partial charge is 0.373 e. The van der Waals surface area contributed by atoms with Gasteiger partial charge in [-0.15, -0.1) is 0 Å². The van der Waals surface area contributed by atoms with E-state index < -0.39 is 5.54 Å². The molecule has 0 aromatic heterocycles. The first-order valence-corrected chi connectivity index (χ1v) is 8.04. The Bertz CT molecular complexity index is 422. The van der Waals surface area contributed by atoms with Crippen LogP contribution >= 0.6 is 0 Å². The lowest BCUT2D eigenvalue weighted by Crippen LogP contribution is -2.70. The molecule has 21 heavy (non-hydrogen) atoms. The Morgan fingerprint density at radius 1 is 1.38 bits per heavy atom. The number of hydrogen-bond donors (Lipinski definition) is 1. The third-order valence-corrected chi connectivity index (χ3v) is 4.74. The quantitative estimate of drug-likeness (QED) is 0.859. The zero-order chi connectivity index (χ0) is 15.8. The number of ether oxygens (including phenoxy) is 1. The molecule has 120 valence electrons. The molecule has 0 aromatic rings. The molecule has 5 heteroatoms. The molecule has 0 saturated carbocycles. The van der Waals surface area contributed by atoms with Gasteiger partial charge in [-0.25, -0.2) is 0 Å². The van der Waals surface area contributed by atoms with Gasteiger partial charge >= 0.3 is 0 Å². The molecule has 1 N–H and O–H groups in total. The summed E-state index contributed by atoms with van der Waals surface area (Å²) in [5, 5.41) is 2.86. The number of rotatable bonds is 4. The van der Waals surface area contributed by atoms with Crippen LogP contribution in [0.1, 0.15) is 53.9 Å². The minimum absolute atomic E-state index is 0.00412. The molecule has 0 bridgehead atoms. The number of piperazine rings is 1. The van der Waals surface area contributed by atoms with Gasteiger partial charge in [0.2, 0.25) is 11.8 Å². The lowest BCUT2D eigenvalue weighted by atomic mass is 9.89. The monoisotopic (exact) mass is 296 g/mol. The van der Waals surface area contributed by atoms with E-state index in [1.165, 1.54) is 0 Å². The van der Waals surface area contributed by atoms with E-state index in [0.29, 0.717) is 6.54 Å². The van der Waals surface area contributed by atoms with Gasteiger partial charge in [-0.2, -0.15) is 0 Å². The molecule has 2 heterocycles. The lowest BCUT2D eigenvalue weighted by molar-refractivity contribution is -0.157. The summed E-state index contributed by atoms with van der Waals surface area (Å²) in [6.45, 7) is 10.2. The highest BCUT2D eigenvalue weighted by Crippen LogP contribution is 2.27. The van der Waals surface area contributed by atoms with Crippen molar-refractivity contribution in [2.24, 2.45) is 5.92 Å². The Morgan fingerprint density at radius 2 is 2.05 bits per heavy atom. The van der Waals surface area contributed by atoms with Crippen molar-refractivity contribution < 1.29 is 14.3 Å². The fraction of sp³-hybridized carbons (Fsp3) is 0.875. The Morgan fingerprint density at radius 3 is 2.57 bits per heavy atom. The number of hydrogen-bond acceptors (Lipinski definition) is 3. The van der Waals surface area contributed by atoms with Crippen molar-refractivity contribution in [1.29, 1.82) is 0 Å². The van der Waals surface area contributed by atoms with Crippen molar-refractivity contribution in [2.75, 3.05) is 6.54 Å². The molecule has 4 unspecified atom stereocenters. The number of nitrogens with one attached hydrogen (secondary N) is 1. The van der Waals surface area contributed by atoms with Crippen molar-refractivity contribution in [1.82, 2.24) is 10.2 Å². The molecule has 0 radical (unpaired) electrons. The normalized spacial score (nSPS) is 34.0. The summed E-state index contributed by atoms with van der Waals surface area (Å²) in [6, 6.07) is -0.380. The minimum atomic E-state index is -0.828. The van der Waals surface area contributed by atoms with Crippen LogP contribution in [0.5, 0.6) is 0 Å². The molecular formula is C16H28N2O3. The smallest absolute Gasteiger partial charge is 0.248 e. The van der Waals surface area contributed by atoms with Crippen LogP contribution in [0.2, 0.25) is 0 Å². The second-order valence-electron chi connectivity index (χ2n) is 7.05. The van der Waals surface area contributed by atoms with Gasteiger partial charge < -0.3 is 15.0 Å². The minimum Gasteiger partial charge on any atom is -0.373 e. The summed E-state index contributed by atoms with van der Waals surface area (Å²) in [7, 11) is 0. The molecule has 2 aliphatic rings. The summed E-state index contributed by atoms with van der Waals surface area (Å²) < 4.78 is 5.85. The van der Waals surface area contributed by atoms with Gasteiger partial charge in [0.25, 0.3) is 0 Å². The Balaban J connectivity index is 2.21. The van der Waals surface area contributed by atoms with E-state index in [0.717, 1.165) is 19.3 Å². The maximum absolute atomic E-state index is 12.7. The van der Waals surface area contributed by atoms with Crippen LogP contribution in [0.15, 0.2) is 0 Å². The number of nitrogens with zero attached hydrogens (tertiary/aromatic N) is 1. The van der Waals surface area contributed by atoms with Gasteiger partial charge in [0.1, 0.15) is 11.6 Å². The number of carbonyl (C=O) groups excluding carboxylic acids is 2. The predicted molar refractivity (Wildman–Crippen MR) is 80.7 cm³/mol. The fourth-order valence-electron chi connectivity index (χ4n) is 3.29. The topological polar surface area (TPSA) is 58.6 Å². The van der Waals surface area contributed by atoms with Crippen LogP contribution in [-0.2, 0) is 14.3 Å². The molecular weight excluding hydrogens is 268 g/mol. The van der Waals surface area contributed by atoms with E-state index in [1.807, 2.05) is 6.92 Å². The van der Waals surface area contributed by atoms with Gasteiger partial charge in [0.15, 0.2) is 0 Å². The first-order valence-electron chi connectivity index (χ1n) is 8.04. The standard InChI is InChI=1S/C16H28N2O3/c1-6-10(2)13-14(19)17-16(4,5)15(20)18(13)9-12-8-7-11(3)21-12/h10-13H,6-9H2,1-5H3,(H,17,19). The maximum atomic E-state index is 12.7. The van der Waals surface area contributed by atoms with Crippen molar-refractivity contribution >= 4 is 11.8 Å². The highest BCUT2D eigenvalue weighted by atomic mass is 16.5. The van der Waals surface area contributed by atoms with Crippen molar-refractivity contribution in [2.45, 2.75) is 77.7 Å². The van der Waals surface area contributed by atoms with Crippen LogP contribution < -0.4 is 5.32 Å². The first kappa shape index (κ1) is 16.3. The summed E-state index contributed by atoms with van der Waals surface area (Å²) in [6.07, 6.45) is 3.15. The van der Waals surface area contributed by atoms with Gasteiger partial charge in [-0.3, -0.25) is 9.59 Å². The van der Waals surface area contributed by atoms with Crippen LogP contribution in [0, 0.1) is 5.92 Å². The number of amides is 2. The van der Waals surface area contributed by atoms with Gasteiger partial charge in [-0.05, 0) is 39.5 Å². The van der Waals surface area contributed by atoms with E-state index in [9.17, 15) is 9.59 Å². The summed E-state index contributed by atoms with van der Waals surface area (Å²) >= 11 is 0. The summed E-state index contributed by atoms with van der Waals surface area (Å²) in [5.74, 6) is 0.0967. The maximum Gasteiger partial charge on any atom is 0.248 e. The zero-order valence-electron chi connectivity index (χ0n) is 13.8. The van der Waals surface area contributed by atoms with E-state index in [1.54, 1.807) is 18.7 Å². The Kier molecular flexibility index (Phi) is 4.61. The van der Waals surface area contributed by atoms with Gasteiger partial charge in [-0.1, -0.05) is 20.3 Å². The summed E-state index contributed by atoms with van der Waals surface area (Å²) in [5.41, 5.74) is -0.828. The fourth-order valence-corrected chi connectivity index (χ4v) is 3.29. The van der Waals surface area contributed by atoms with Gasteiger partial charge in [0, 0.05) is 6.54 Å². The SMILES string of the molecule is CCC(C)C1C(=O)NC(C)(C)C(=O)N1CC1CCC(C)O1. The Hall–Kier alpha value is -1.10. The van der Waals surface area contributed by atoms with Crippen LogP contribution in [0.4, 0.5) is 0 Å². The van der Waals surface area contributed by atoms with E-state index in [4.69, 9.17) is 4.74 Å². The third-order valence-electron chi connectivity index (χ3n) is 4.74. The Labute approximate surface area is 127 Å². The van der Waals surface area contributed by atoms with Crippen molar-refractivity contribution in [3.63, 3.8) is 0 Å². The molecule has 4 atom stereocenters. The molecule has 0 spiro atoms. The van der Waals surface area contributed by atoms with Gasteiger partial charge in [0.05, 0.1) is 12.2 Å². The molecule has 5 nitrogen and oxygen atoms in total. The molecule has 0 aromatic carbocycles. The van der Waals surface area contributed by atoms with E-state index in [2.05, 4.69) is 19.2 Å². The molecule has 2 aliphatic heterocycles. The van der Waals surface area contributed by atoms with Crippen molar-refractivity contribution in [3.8, 4) is 0 Å². The van der Waals surface area contributed by atoms with Crippen molar-refractivity contribution in [3.05, 3.63) is 0 Å². The van der Waals surface area contributed by atoms with E-state index >= 15 is 0 Å². The van der Waals surface area contributed by atoms with Crippen LogP contribution in [-0.4, -0.2) is 47.0 Å². The zero-order valence-corrected chi connectivity index (χ0v) is 13.8. The molecule has 2 saturated heterocycles. The molecule has 2 rings (SSSR count). The van der Waals surface area contributed by atoms with Crippen LogP contribution in [0.25, 0.3) is 0 Å². The van der Waals surface area contributed by atoms with Crippen LogP contribution in [0.3, 0.4) is 0 Å².